The number of hydrogen-bond acceptors (Lipinski definition) is 4. The quantitative estimate of drug-likeness (QED) is 0.551. The minimum absolute atomic E-state index is 0.384. The molecule has 0 unspecified atom stereocenters. The monoisotopic (exact) mass is 393 g/mol. The molecule has 0 aliphatic rings. The van der Waals surface area contributed by atoms with E-state index in [0.29, 0.717) is 33.7 Å². The molecule has 0 radical (unpaired) electrons. The number of halogens is 2. The van der Waals surface area contributed by atoms with Gasteiger partial charge in [0.15, 0.2) is 6.61 Å². The SMILES string of the molecule is CCOc1ccccc1NC(=O)COC(=O)/C=C/c1ccc(Cl)c(Cl)c1. The average Bonchev–Trinajstić information content (AvgIpc) is 2.63. The Bertz CT molecular complexity index is 821. The summed E-state index contributed by atoms with van der Waals surface area (Å²) >= 11 is 11.7. The molecule has 1 N–H and O–H groups in total. The summed E-state index contributed by atoms with van der Waals surface area (Å²) < 4.78 is 10.3. The van der Waals surface area contributed by atoms with Crippen LogP contribution in [0.4, 0.5) is 5.69 Å². The van der Waals surface area contributed by atoms with Gasteiger partial charge in [-0.15, -0.1) is 0 Å². The topological polar surface area (TPSA) is 64.6 Å². The van der Waals surface area contributed by atoms with E-state index in [1.807, 2.05) is 6.92 Å². The number of rotatable bonds is 7. The van der Waals surface area contributed by atoms with Crippen molar-refractivity contribution in [3.63, 3.8) is 0 Å². The zero-order chi connectivity index (χ0) is 18.9. The third-order valence-corrected chi connectivity index (χ3v) is 3.90. The van der Waals surface area contributed by atoms with Crippen LogP contribution in [0.25, 0.3) is 6.08 Å². The molecular formula is C19H17Cl2NO4. The van der Waals surface area contributed by atoms with Crippen molar-refractivity contribution in [1.82, 2.24) is 0 Å². The van der Waals surface area contributed by atoms with Crippen molar-refractivity contribution in [1.29, 1.82) is 0 Å². The van der Waals surface area contributed by atoms with Gasteiger partial charge in [0.05, 0.1) is 22.3 Å². The molecule has 0 saturated carbocycles. The van der Waals surface area contributed by atoms with Gasteiger partial charge in [0.1, 0.15) is 5.75 Å². The zero-order valence-electron chi connectivity index (χ0n) is 14.0. The maximum absolute atomic E-state index is 11.9. The second-order valence-corrected chi connectivity index (χ2v) is 5.91. The Morgan fingerprint density at radius 1 is 1.12 bits per heavy atom. The van der Waals surface area contributed by atoms with Crippen LogP contribution in [0.2, 0.25) is 10.0 Å². The molecule has 5 nitrogen and oxygen atoms in total. The van der Waals surface area contributed by atoms with Crippen LogP contribution >= 0.6 is 23.2 Å². The lowest BCUT2D eigenvalue weighted by Crippen LogP contribution is -2.20. The van der Waals surface area contributed by atoms with Gasteiger partial charge in [0.25, 0.3) is 5.91 Å². The van der Waals surface area contributed by atoms with E-state index in [4.69, 9.17) is 32.7 Å². The molecule has 0 spiro atoms. The number of nitrogens with one attached hydrogen (secondary N) is 1. The summed E-state index contributed by atoms with van der Waals surface area (Å²) in [5, 5.41) is 3.45. The summed E-state index contributed by atoms with van der Waals surface area (Å²) in [5.74, 6) is -0.563. The molecule has 7 heteroatoms. The number of ether oxygens (including phenoxy) is 2. The highest BCUT2D eigenvalue weighted by Gasteiger charge is 2.09. The van der Waals surface area contributed by atoms with Crippen molar-refractivity contribution in [2.45, 2.75) is 6.92 Å². The molecule has 26 heavy (non-hydrogen) atoms. The first kappa shape index (κ1) is 19.8. The first-order chi connectivity index (χ1) is 12.5. The van der Waals surface area contributed by atoms with Crippen molar-refractivity contribution < 1.29 is 19.1 Å². The lowest BCUT2D eigenvalue weighted by atomic mass is 10.2. The van der Waals surface area contributed by atoms with E-state index < -0.39 is 18.5 Å². The van der Waals surface area contributed by atoms with Gasteiger partial charge in [-0.05, 0) is 42.8 Å². The summed E-state index contributed by atoms with van der Waals surface area (Å²) in [6, 6.07) is 12.0. The highest BCUT2D eigenvalue weighted by Crippen LogP contribution is 2.24. The molecule has 136 valence electrons. The van der Waals surface area contributed by atoms with Gasteiger partial charge < -0.3 is 14.8 Å². The zero-order valence-corrected chi connectivity index (χ0v) is 15.5. The third-order valence-electron chi connectivity index (χ3n) is 3.16. The van der Waals surface area contributed by atoms with Gasteiger partial charge in [0.2, 0.25) is 0 Å². The first-order valence-electron chi connectivity index (χ1n) is 7.81. The molecule has 0 aliphatic heterocycles. The highest BCUT2D eigenvalue weighted by atomic mass is 35.5. The number of benzene rings is 2. The Hall–Kier alpha value is -2.50. The summed E-state index contributed by atoms with van der Waals surface area (Å²) in [4.78, 5) is 23.7. The minimum atomic E-state index is -0.649. The number of esters is 1. The van der Waals surface area contributed by atoms with Gasteiger partial charge >= 0.3 is 5.97 Å². The van der Waals surface area contributed by atoms with Gasteiger partial charge in [-0.3, -0.25) is 4.79 Å². The normalized spacial score (nSPS) is 10.6. The lowest BCUT2D eigenvalue weighted by Gasteiger charge is -2.11. The summed E-state index contributed by atoms with van der Waals surface area (Å²) in [5.41, 5.74) is 1.20. The van der Waals surface area contributed by atoms with Crippen LogP contribution in [0.3, 0.4) is 0 Å². The molecule has 0 atom stereocenters. The number of anilines is 1. The minimum Gasteiger partial charge on any atom is -0.492 e. The van der Waals surface area contributed by atoms with E-state index in [9.17, 15) is 9.59 Å². The van der Waals surface area contributed by atoms with E-state index in [1.54, 1.807) is 42.5 Å². The number of carbonyl (C=O) groups excluding carboxylic acids is 2. The van der Waals surface area contributed by atoms with Gasteiger partial charge in [0, 0.05) is 6.08 Å². The fraction of sp³-hybridized carbons (Fsp3) is 0.158. The second kappa shape index (κ2) is 9.85. The van der Waals surface area contributed by atoms with Crippen LogP contribution in [-0.4, -0.2) is 25.1 Å². The van der Waals surface area contributed by atoms with Crippen molar-refractivity contribution in [2.24, 2.45) is 0 Å². The van der Waals surface area contributed by atoms with E-state index in [2.05, 4.69) is 5.32 Å². The standard InChI is InChI=1S/C19H17Cl2NO4/c1-2-25-17-6-4-3-5-16(17)22-18(23)12-26-19(24)10-8-13-7-9-14(20)15(21)11-13/h3-11H,2,12H2,1H3,(H,22,23)/b10-8+. The molecule has 2 aromatic carbocycles. The Morgan fingerprint density at radius 3 is 2.62 bits per heavy atom. The van der Waals surface area contributed by atoms with Gasteiger partial charge in [-0.25, -0.2) is 4.79 Å². The largest absolute Gasteiger partial charge is 0.492 e. The molecule has 0 heterocycles. The van der Waals surface area contributed by atoms with Crippen LogP contribution in [0.1, 0.15) is 12.5 Å². The van der Waals surface area contributed by atoms with Crippen molar-refractivity contribution in [2.75, 3.05) is 18.5 Å². The number of para-hydroxylation sites is 2. The molecule has 0 saturated heterocycles. The molecule has 1 amide bonds. The fourth-order valence-electron chi connectivity index (χ4n) is 2.00. The Morgan fingerprint density at radius 2 is 1.88 bits per heavy atom. The highest BCUT2D eigenvalue weighted by molar-refractivity contribution is 6.42. The molecule has 0 fully saturated rings. The molecule has 2 rings (SSSR count). The van der Waals surface area contributed by atoms with Crippen LogP contribution in [-0.2, 0) is 14.3 Å². The Balaban J connectivity index is 1.86. The molecule has 0 aliphatic carbocycles. The lowest BCUT2D eigenvalue weighted by molar-refractivity contribution is -0.142. The summed E-state index contributed by atoms with van der Waals surface area (Å²) in [7, 11) is 0. The maximum atomic E-state index is 11.9. The van der Waals surface area contributed by atoms with E-state index >= 15 is 0 Å². The predicted molar refractivity (Wildman–Crippen MR) is 103 cm³/mol. The Labute approximate surface area is 161 Å². The van der Waals surface area contributed by atoms with Crippen molar-refractivity contribution >= 4 is 46.8 Å². The number of carbonyl (C=O) groups is 2. The molecule has 0 bridgehead atoms. The number of hydrogen-bond donors (Lipinski definition) is 1. The summed E-state index contributed by atoms with van der Waals surface area (Å²) in [6.07, 6.45) is 2.73. The maximum Gasteiger partial charge on any atom is 0.331 e. The van der Waals surface area contributed by atoms with Crippen LogP contribution in [0, 0.1) is 0 Å². The second-order valence-electron chi connectivity index (χ2n) is 5.09. The Kier molecular flexibility index (Phi) is 7.51. The molecule has 2 aromatic rings. The van der Waals surface area contributed by atoms with Gasteiger partial charge in [-0.2, -0.15) is 0 Å². The van der Waals surface area contributed by atoms with E-state index in [1.165, 1.54) is 12.2 Å². The number of amides is 1. The summed E-state index contributed by atoms with van der Waals surface area (Å²) in [6.45, 7) is 1.91. The van der Waals surface area contributed by atoms with Crippen LogP contribution < -0.4 is 10.1 Å². The van der Waals surface area contributed by atoms with Gasteiger partial charge in [-0.1, -0.05) is 41.4 Å². The molecule has 0 aromatic heterocycles. The van der Waals surface area contributed by atoms with Crippen molar-refractivity contribution in [3.05, 3.63) is 64.1 Å². The predicted octanol–water partition coefficient (Wildman–Crippen LogP) is 4.59. The third kappa shape index (κ3) is 6.10. The van der Waals surface area contributed by atoms with Crippen molar-refractivity contribution in [3.8, 4) is 5.75 Å². The fourth-order valence-corrected chi connectivity index (χ4v) is 2.31. The molecular weight excluding hydrogens is 377 g/mol. The van der Waals surface area contributed by atoms with E-state index in [0.717, 1.165) is 0 Å². The average molecular weight is 394 g/mol. The first-order valence-corrected chi connectivity index (χ1v) is 8.56. The smallest absolute Gasteiger partial charge is 0.331 e. The van der Waals surface area contributed by atoms with E-state index in [-0.39, 0.29) is 0 Å². The van der Waals surface area contributed by atoms with Crippen LogP contribution in [0.15, 0.2) is 48.5 Å². The van der Waals surface area contributed by atoms with Crippen LogP contribution in [0.5, 0.6) is 5.75 Å².